The maximum absolute atomic E-state index is 14.0. The summed E-state index contributed by atoms with van der Waals surface area (Å²) < 4.78 is 54.3. The molecule has 0 spiro atoms. The monoisotopic (exact) mass is 400 g/mol. The molecule has 108 valence electrons. The van der Waals surface area contributed by atoms with Crippen LogP contribution in [-0.4, -0.2) is 14.9 Å². The quantitative estimate of drug-likeness (QED) is 0.611. The molecule has 0 amide bonds. The predicted octanol–water partition coefficient (Wildman–Crippen LogP) is 4.04. The van der Waals surface area contributed by atoms with Crippen molar-refractivity contribution in [2.75, 3.05) is 0 Å². The van der Waals surface area contributed by atoms with Gasteiger partial charge in [0.1, 0.15) is 0 Å². The van der Waals surface area contributed by atoms with E-state index in [-0.39, 0.29) is 21.2 Å². The van der Waals surface area contributed by atoms with Gasteiger partial charge in [0.15, 0.2) is 17.3 Å². The lowest BCUT2D eigenvalue weighted by Gasteiger charge is -2.09. The maximum Gasteiger partial charge on any atom is 0.435 e. The molecule has 20 heavy (non-hydrogen) atoms. The first kappa shape index (κ1) is 15.1. The van der Waals surface area contributed by atoms with E-state index in [1.165, 1.54) is 6.07 Å². The number of benzene rings is 1. The molecule has 0 unspecified atom stereocenters. The molecular weight excluding hydrogens is 391 g/mol. The third-order valence-corrected chi connectivity index (χ3v) is 3.59. The fraction of sp³-hybridized carbons (Fsp3) is 0.250. The summed E-state index contributed by atoms with van der Waals surface area (Å²) in [5.41, 5.74) is -1.84. The summed E-state index contributed by atoms with van der Waals surface area (Å²) in [6, 6.07) is 2.44. The van der Waals surface area contributed by atoms with Crippen molar-refractivity contribution >= 4 is 22.6 Å². The van der Waals surface area contributed by atoms with Crippen molar-refractivity contribution in [2.24, 2.45) is 0 Å². The smallest absolute Gasteiger partial charge is 0.435 e. The summed E-state index contributed by atoms with van der Waals surface area (Å²) in [4.78, 5) is 0. The molecule has 1 aromatic heterocycles. The fourth-order valence-corrected chi connectivity index (χ4v) is 2.47. The Morgan fingerprint density at radius 3 is 2.55 bits per heavy atom. The average molecular weight is 400 g/mol. The van der Waals surface area contributed by atoms with Crippen LogP contribution in [0, 0.1) is 9.39 Å². The van der Waals surface area contributed by atoms with E-state index in [0.29, 0.717) is 0 Å². The van der Waals surface area contributed by atoms with Crippen molar-refractivity contribution in [2.45, 2.75) is 19.6 Å². The van der Waals surface area contributed by atoms with Gasteiger partial charge in [0, 0.05) is 27.4 Å². The van der Waals surface area contributed by atoms with E-state index < -0.39 is 23.4 Å². The molecule has 2 aromatic rings. The van der Waals surface area contributed by atoms with Crippen LogP contribution in [0.1, 0.15) is 12.6 Å². The highest BCUT2D eigenvalue weighted by Gasteiger charge is 2.38. The second-order valence-electron chi connectivity index (χ2n) is 4.00. The van der Waals surface area contributed by atoms with Gasteiger partial charge in [0.25, 0.3) is 0 Å². The first-order valence-corrected chi connectivity index (χ1v) is 6.65. The molecular formula is C12H9F4IN2O. The van der Waals surface area contributed by atoms with E-state index in [4.69, 9.17) is 0 Å². The zero-order chi connectivity index (χ0) is 15.1. The summed E-state index contributed by atoms with van der Waals surface area (Å²) in [6.07, 6.45) is -3.57. The van der Waals surface area contributed by atoms with Gasteiger partial charge in [-0.05, 0) is 41.6 Å². The van der Waals surface area contributed by atoms with Crippen LogP contribution >= 0.6 is 22.6 Å². The van der Waals surface area contributed by atoms with Crippen LogP contribution in [0.2, 0.25) is 0 Å². The molecule has 1 N–H and O–H groups in total. The molecule has 0 atom stereocenters. The molecule has 0 aliphatic carbocycles. The van der Waals surface area contributed by atoms with Gasteiger partial charge in [-0.1, -0.05) is 0 Å². The van der Waals surface area contributed by atoms with Crippen molar-refractivity contribution < 1.29 is 22.7 Å². The first-order valence-electron chi connectivity index (χ1n) is 5.57. The minimum Gasteiger partial charge on any atom is -0.505 e. The van der Waals surface area contributed by atoms with Crippen LogP contribution in [0.25, 0.3) is 11.1 Å². The Labute approximate surface area is 125 Å². The highest BCUT2D eigenvalue weighted by Crippen LogP contribution is 2.40. The van der Waals surface area contributed by atoms with E-state index >= 15 is 0 Å². The summed E-state index contributed by atoms with van der Waals surface area (Å²) in [6.45, 7) is 1.85. The van der Waals surface area contributed by atoms with Gasteiger partial charge in [0.05, 0.1) is 0 Å². The number of hydrogen-bond acceptors (Lipinski definition) is 2. The first-order chi connectivity index (χ1) is 9.25. The van der Waals surface area contributed by atoms with Crippen molar-refractivity contribution in [1.82, 2.24) is 9.78 Å². The Kier molecular flexibility index (Phi) is 3.94. The zero-order valence-electron chi connectivity index (χ0n) is 10.2. The van der Waals surface area contributed by atoms with Gasteiger partial charge in [-0.2, -0.15) is 18.3 Å². The molecule has 1 aromatic carbocycles. The number of phenols is 1. The molecule has 0 aliphatic heterocycles. The fourth-order valence-electron chi connectivity index (χ4n) is 1.76. The number of phenolic OH excluding ortho intramolecular Hbond substituents is 1. The Morgan fingerprint density at radius 1 is 1.35 bits per heavy atom. The number of aromatic nitrogens is 2. The molecule has 0 aliphatic rings. The number of halogens is 5. The zero-order valence-corrected chi connectivity index (χ0v) is 12.3. The SMILES string of the molecule is CCn1cc(-c2c(I)ccc(O)c2F)c(C(F)(F)F)n1. The van der Waals surface area contributed by atoms with Crippen molar-refractivity contribution in [3.8, 4) is 16.9 Å². The number of aromatic hydroxyl groups is 1. The van der Waals surface area contributed by atoms with E-state index in [0.717, 1.165) is 16.9 Å². The maximum atomic E-state index is 14.0. The van der Waals surface area contributed by atoms with Gasteiger partial charge < -0.3 is 5.11 Å². The molecule has 2 rings (SSSR count). The number of hydrogen-bond donors (Lipinski definition) is 1. The molecule has 0 fully saturated rings. The molecule has 1 heterocycles. The number of nitrogens with zero attached hydrogens (tertiary/aromatic N) is 2. The van der Waals surface area contributed by atoms with Gasteiger partial charge in [0.2, 0.25) is 0 Å². The minimum atomic E-state index is -4.70. The Balaban J connectivity index is 2.76. The summed E-state index contributed by atoms with van der Waals surface area (Å²) >= 11 is 1.72. The van der Waals surface area contributed by atoms with E-state index in [1.54, 1.807) is 29.5 Å². The van der Waals surface area contributed by atoms with Crippen molar-refractivity contribution in [3.63, 3.8) is 0 Å². The highest BCUT2D eigenvalue weighted by atomic mass is 127. The second-order valence-corrected chi connectivity index (χ2v) is 5.16. The standard InChI is InChI=1S/C12H9F4IN2O/c1-2-19-5-6(11(18-19)12(14,15)16)9-7(17)3-4-8(20)10(9)13/h3-5,20H,2H2,1H3. The van der Waals surface area contributed by atoms with Gasteiger partial charge in [-0.25, -0.2) is 4.39 Å². The largest absolute Gasteiger partial charge is 0.505 e. The van der Waals surface area contributed by atoms with Crippen LogP contribution in [-0.2, 0) is 12.7 Å². The summed E-state index contributed by atoms with van der Waals surface area (Å²) in [7, 11) is 0. The average Bonchev–Trinajstić information content (AvgIpc) is 2.78. The van der Waals surface area contributed by atoms with Gasteiger partial charge in [-0.3, -0.25) is 4.68 Å². The number of aryl methyl sites for hydroxylation is 1. The lowest BCUT2D eigenvalue weighted by Crippen LogP contribution is -2.09. The summed E-state index contributed by atoms with van der Waals surface area (Å²) in [5, 5.41) is 12.8. The predicted molar refractivity (Wildman–Crippen MR) is 72.7 cm³/mol. The molecule has 0 radical (unpaired) electrons. The number of rotatable bonds is 2. The lowest BCUT2D eigenvalue weighted by molar-refractivity contribution is -0.141. The highest BCUT2D eigenvalue weighted by molar-refractivity contribution is 14.1. The Morgan fingerprint density at radius 2 is 2.00 bits per heavy atom. The van der Waals surface area contributed by atoms with Crippen LogP contribution in [0.4, 0.5) is 17.6 Å². The number of alkyl halides is 3. The van der Waals surface area contributed by atoms with Crippen LogP contribution < -0.4 is 0 Å². The Bertz CT molecular complexity index is 652. The third kappa shape index (κ3) is 2.60. The Hall–Kier alpha value is -1.32. The van der Waals surface area contributed by atoms with Crippen molar-refractivity contribution in [3.05, 3.63) is 33.4 Å². The molecule has 0 bridgehead atoms. The molecule has 3 nitrogen and oxygen atoms in total. The summed E-state index contributed by atoms with van der Waals surface area (Å²) in [5.74, 6) is -1.78. The minimum absolute atomic E-state index is 0.222. The van der Waals surface area contributed by atoms with E-state index in [9.17, 15) is 22.7 Å². The van der Waals surface area contributed by atoms with E-state index in [1.807, 2.05) is 0 Å². The topological polar surface area (TPSA) is 38.0 Å². The van der Waals surface area contributed by atoms with E-state index in [2.05, 4.69) is 5.10 Å². The lowest BCUT2D eigenvalue weighted by atomic mass is 10.1. The normalized spacial score (nSPS) is 11.9. The molecule has 0 saturated heterocycles. The van der Waals surface area contributed by atoms with Crippen LogP contribution in [0.15, 0.2) is 18.3 Å². The third-order valence-electron chi connectivity index (χ3n) is 2.69. The molecule has 8 heteroatoms. The molecule has 0 saturated carbocycles. The van der Waals surface area contributed by atoms with Crippen molar-refractivity contribution in [1.29, 1.82) is 0 Å². The van der Waals surface area contributed by atoms with Crippen LogP contribution in [0.3, 0.4) is 0 Å². The second kappa shape index (κ2) is 5.23. The van der Waals surface area contributed by atoms with Crippen LogP contribution in [0.5, 0.6) is 5.75 Å². The van der Waals surface area contributed by atoms with Gasteiger partial charge >= 0.3 is 6.18 Å². The van der Waals surface area contributed by atoms with Gasteiger partial charge in [-0.15, -0.1) is 0 Å².